The first-order valence-electron chi connectivity index (χ1n) is 6.91. The molecule has 110 valence electrons. The molecule has 1 aromatic rings. The third-order valence-corrected chi connectivity index (χ3v) is 4.28. The number of hydrogen-bond acceptors (Lipinski definition) is 4. The number of piperazine rings is 1. The molecule has 2 N–H and O–H groups in total. The molecule has 2 amide bonds. The monoisotopic (exact) mass is 304 g/mol. The molecule has 0 aliphatic carbocycles. The lowest BCUT2D eigenvalue weighted by molar-refractivity contribution is -0.130. The molecule has 2 saturated heterocycles. The Labute approximate surface area is 127 Å². The number of pyridine rings is 1. The molecule has 0 radical (unpaired) electrons. The highest BCUT2D eigenvalue weighted by atomic mass is 32.1. The summed E-state index contributed by atoms with van der Waals surface area (Å²) >= 11 is 4.86. The molecule has 0 bridgehead atoms. The zero-order valence-electron chi connectivity index (χ0n) is 11.5. The van der Waals surface area contributed by atoms with Crippen LogP contribution in [-0.2, 0) is 4.79 Å². The van der Waals surface area contributed by atoms with Crippen LogP contribution in [0.4, 0.5) is 0 Å². The standard InChI is InChI=1S/C14H16N4O2S/c15-13(21)9-1-3-11(16-7-9)14(20)17-5-6-18-10(8-17)2-4-12(18)19/h1,3,7,10H,2,4-6,8H2,(H2,15,21). The fourth-order valence-corrected chi connectivity index (χ4v) is 3.00. The molecule has 3 heterocycles. The van der Waals surface area contributed by atoms with E-state index in [2.05, 4.69) is 4.98 Å². The first-order chi connectivity index (χ1) is 10.1. The van der Waals surface area contributed by atoms with Gasteiger partial charge in [0.05, 0.1) is 0 Å². The topological polar surface area (TPSA) is 79.5 Å². The summed E-state index contributed by atoms with van der Waals surface area (Å²) in [5.74, 6) is 0.0922. The second-order valence-corrected chi connectivity index (χ2v) is 5.77. The van der Waals surface area contributed by atoms with Crippen molar-refractivity contribution in [3.63, 3.8) is 0 Å². The first-order valence-corrected chi connectivity index (χ1v) is 7.31. The zero-order chi connectivity index (χ0) is 15.0. The molecule has 2 aliphatic rings. The largest absolute Gasteiger partial charge is 0.389 e. The van der Waals surface area contributed by atoms with Crippen molar-refractivity contribution >= 4 is 29.0 Å². The molecule has 0 saturated carbocycles. The molecular weight excluding hydrogens is 288 g/mol. The second kappa shape index (κ2) is 5.40. The van der Waals surface area contributed by atoms with Crippen molar-refractivity contribution < 1.29 is 9.59 Å². The Balaban J connectivity index is 1.71. The number of thiocarbonyl (C=S) groups is 1. The Morgan fingerprint density at radius 1 is 1.38 bits per heavy atom. The Morgan fingerprint density at radius 2 is 2.19 bits per heavy atom. The van der Waals surface area contributed by atoms with Crippen molar-refractivity contribution in [1.82, 2.24) is 14.8 Å². The van der Waals surface area contributed by atoms with Gasteiger partial charge < -0.3 is 15.5 Å². The molecule has 1 unspecified atom stereocenters. The van der Waals surface area contributed by atoms with Gasteiger partial charge in [-0.1, -0.05) is 12.2 Å². The van der Waals surface area contributed by atoms with Crippen LogP contribution >= 0.6 is 12.2 Å². The molecule has 0 aromatic carbocycles. The molecule has 1 atom stereocenters. The van der Waals surface area contributed by atoms with E-state index >= 15 is 0 Å². The first kappa shape index (κ1) is 13.9. The summed E-state index contributed by atoms with van der Waals surface area (Å²) in [4.78, 5) is 32.1. The van der Waals surface area contributed by atoms with Crippen LogP contribution < -0.4 is 5.73 Å². The van der Waals surface area contributed by atoms with E-state index in [4.69, 9.17) is 18.0 Å². The SMILES string of the molecule is NC(=S)c1ccc(C(=O)N2CCN3C(=O)CCC3C2)nc1. The number of rotatable bonds is 2. The molecule has 21 heavy (non-hydrogen) atoms. The maximum absolute atomic E-state index is 12.4. The van der Waals surface area contributed by atoms with Gasteiger partial charge in [-0.25, -0.2) is 0 Å². The highest BCUT2D eigenvalue weighted by molar-refractivity contribution is 7.80. The maximum Gasteiger partial charge on any atom is 0.272 e. The fourth-order valence-electron chi connectivity index (χ4n) is 2.88. The number of nitrogens with two attached hydrogens (primary N) is 1. The molecule has 1 aromatic heterocycles. The molecule has 7 heteroatoms. The van der Waals surface area contributed by atoms with Crippen LogP contribution in [0.1, 0.15) is 28.9 Å². The van der Waals surface area contributed by atoms with Gasteiger partial charge >= 0.3 is 0 Å². The summed E-state index contributed by atoms with van der Waals surface area (Å²) in [6.07, 6.45) is 2.94. The maximum atomic E-state index is 12.4. The van der Waals surface area contributed by atoms with E-state index in [0.29, 0.717) is 37.3 Å². The third-order valence-electron chi connectivity index (χ3n) is 4.05. The van der Waals surface area contributed by atoms with Crippen molar-refractivity contribution in [2.24, 2.45) is 5.73 Å². The normalized spacial score (nSPS) is 21.3. The van der Waals surface area contributed by atoms with Gasteiger partial charge in [0.15, 0.2) is 0 Å². The number of fused-ring (bicyclic) bond motifs is 1. The summed E-state index contributed by atoms with van der Waals surface area (Å²) in [6, 6.07) is 3.51. The fraction of sp³-hybridized carbons (Fsp3) is 0.429. The van der Waals surface area contributed by atoms with Crippen LogP contribution in [0.15, 0.2) is 18.3 Å². The predicted octanol–water partition coefficient (Wildman–Crippen LogP) is 0.163. The number of aromatic nitrogens is 1. The van der Waals surface area contributed by atoms with Gasteiger partial charge in [0.2, 0.25) is 5.91 Å². The van der Waals surface area contributed by atoms with E-state index in [9.17, 15) is 9.59 Å². The summed E-state index contributed by atoms with van der Waals surface area (Å²) in [7, 11) is 0. The number of carbonyl (C=O) groups is 2. The lowest BCUT2D eigenvalue weighted by Crippen LogP contribution is -2.53. The highest BCUT2D eigenvalue weighted by Gasteiger charge is 2.37. The lowest BCUT2D eigenvalue weighted by Gasteiger charge is -2.37. The van der Waals surface area contributed by atoms with Crippen LogP contribution in [0.5, 0.6) is 0 Å². The number of carbonyl (C=O) groups excluding carboxylic acids is 2. The molecule has 2 aliphatic heterocycles. The minimum Gasteiger partial charge on any atom is -0.389 e. The molecule has 2 fully saturated rings. The summed E-state index contributed by atoms with van der Waals surface area (Å²) in [6.45, 7) is 1.75. The Bertz CT molecular complexity index is 601. The van der Waals surface area contributed by atoms with Gasteiger partial charge in [0.25, 0.3) is 5.91 Å². The van der Waals surface area contributed by atoms with Gasteiger partial charge in [-0.15, -0.1) is 0 Å². The zero-order valence-corrected chi connectivity index (χ0v) is 12.3. The molecule has 0 spiro atoms. The van der Waals surface area contributed by atoms with Crippen molar-refractivity contribution in [2.75, 3.05) is 19.6 Å². The van der Waals surface area contributed by atoms with E-state index < -0.39 is 0 Å². The summed E-state index contributed by atoms with van der Waals surface area (Å²) in [5.41, 5.74) is 6.54. The average Bonchev–Trinajstić information content (AvgIpc) is 2.87. The van der Waals surface area contributed by atoms with Crippen LogP contribution in [0.25, 0.3) is 0 Å². The van der Waals surface area contributed by atoms with Gasteiger partial charge in [0, 0.05) is 43.9 Å². The smallest absolute Gasteiger partial charge is 0.272 e. The second-order valence-electron chi connectivity index (χ2n) is 5.33. The third kappa shape index (κ3) is 2.61. The van der Waals surface area contributed by atoms with Crippen LogP contribution in [0.3, 0.4) is 0 Å². The quantitative estimate of drug-likeness (QED) is 0.788. The van der Waals surface area contributed by atoms with Crippen LogP contribution in [0.2, 0.25) is 0 Å². The average molecular weight is 304 g/mol. The van der Waals surface area contributed by atoms with Crippen molar-refractivity contribution in [3.8, 4) is 0 Å². The highest BCUT2D eigenvalue weighted by Crippen LogP contribution is 2.23. The molecule has 6 nitrogen and oxygen atoms in total. The summed E-state index contributed by atoms with van der Waals surface area (Å²) < 4.78 is 0. The summed E-state index contributed by atoms with van der Waals surface area (Å²) in [5, 5.41) is 0. The van der Waals surface area contributed by atoms with Crippen molar-refractivity contribution in [1.29, 1.82) is 0 Å². The lowest BCUT2D eigenvalue weighted by atomic mass is 10.1. The van der Waals surface area contributed by atoms with Gasteiger partial charge in [-0.05, 0) is 18.6 Å². The van der Waals surface area contributed by atoms with E-state index in [1.807, 2.05) is 4.90 Å². The Kier molecular flexibility index (Phi) is 3.59. The van der Waals surface area contributed by atoms with Gasteiger partial charge in [-0.3, -0.25) is 14.6 Å². The van der Waals surface area contributed by atoms with E-state index in [0.717, 1.165) is 6.42 Å². The number of amides is 2. The van der Waals surface area contributed by atoms with Gasteiger partial charge in [-0.2, -0.15) is 0 Å². The van der Waals surface area contributed by atoms with Crippen molar-refractivity contribution in [3.05, 3.63) is 29.6 Å². The Morgan fingerprint density at radius 3 is 2.86 bits per heavy atom. The van der Waals surface area contributed by atoms with E-state index in [-0.39, 0.29) is 22.8 Å². The van der Waals surface area contributed by atoms with Crippen LogP contribution in [-0.4, -0.2) is 57.3 Å². The van der Waals surface area contributed by atoms with Crippen molar-refractivity contribution in [2.45, 2.75) is 18.9 Å². The van der Waals surface area contributed by atoms with E-state index in [1.54, 1.807) is 17.0 Å². The van der Waals surface area contributed by atoms with E-state index in [1.165, 1.54) is 6.20 Å². The Hall–Kier alpha value is -2.02. The molecular formula is C14H16N4O2S. The number of hydrogen-bond donors (Lipinski definition) is 1. The minimum absolute atomic E-state index is 0.108. The molecule has 3 rings (SSSR count). The minimum atomic E-state index is -0.108. The number of nitrogens with zero attached hydrogens (tertiary/aromatic N) is 3. The van der Waals surface area contributed by atoms with Crippen LogP contribution in [0, 0.1) is 0 Å². The van der Waals surface area contributed by atoms with Gasteiger partial charge in [0.1, 0.15) is 10.7 Å². The predicted molar refractivity (Wildman–Crippen MR) is 80.8 cm³/mol.